The van der Waals surface area contributed by atoms with Crippen molar-refractivity contribution >= 4 is 34.9 Å². The highest BCUT2D eigenvalue weighted by Crippen LogP contribution is 2.35. The van der Waals surface area contributed by atoms with Gasteiger partial charge in [-0.2, -0.15) is 0 Å². The number of allylic oxidation sites excluding steroid dienone is 3. The summed E-state index contributed by atoms with van der Waals surface area (Å²) in [6.45, 7) is 8.38. The molecule has 0 saturated carbocycles. The third-order valence-corrected chi connectivity index (χ3v) is 7.10. The van der Waals surface area contributed by atoms with Crippen molar-refractivity contribution in [2.75, 3.05) is 5.32 Å². The monoisotopic (exact) mass is 467 g/mol. The molecule has 7 heteroatoms. The number of carbonyl (C=O) groups excluding carboxylic acids is 1. The number of carbonyl (C=O) groups is 2. The normalized spacial score (nSPS) is 15.9. The average molecular weight is 468 g/mol. The zero-order valence-corrected chi connectivity index (χ0v) is 20.6. The minimum Gasteiger partial charge on any atom is -0.480 e. The lowest BCUT2D eigenvalue weighted by Crippen LogP contribution is -2.29. The fourth-order valence-corrected chi connectivity index (χ4v) is 4.85. The fourth-order valence-electron chi connectivity index (χ4n) is 3.64. The number of nitrogens with zero attached hydrogens (tertiary/aromatic N) is 2. The Morgan fingerprint density at radius 1 is 1.27 bits per heavy atom. The van der Waals surface area contributed by atoms with Crippen molar-refractivity contribution in [1.29, 1.82) is 0 Å². The van der Waals surface area contributed by atoms with E-state index >= 15 is 0 Å². The molecule has 0 bridgehead atoms. The first-order chi connectivity index (χ1) is 15.7. The molecule has 2 aromatic rings. The molecule has 1 amide bonds. The number of rotatable bonds is 10. The van der Waals surface area contributed by atoms with Gasteiger partial charge in [-0.1, -0.05) is 56.2 Å². The maximum atomic E-state index is 12.9. The number of anilines is 1. The van der Waals surface area contributed by atoms with Crippen LogP contribution in [0.5, 0.6) is 0 Å². The van der Waals surface area contributed by atoms with Gasteiger partial charge < -0.3 is 15.0 Å². The molecule has 1 aromatic carbocycles. The van der Waals surface area contributed by atoms with Gasteiger partial charge in [-0.25, -0.2) is 4.98 Å². The van der Waals surface area contributed by atoms with Crippen LogP contribution in [-0.2, 0) is 11.3 Å². The first kappa shape index (κ1) is 24.8. The third kappa shape index (κ3) is 6.38. The molecular formula is C26H33N3O3S. The number of aryl methyl sites for hydroxylation is 2. The zero-order valence-electron chi connectivity index (χ0n) is 19.8. The number of amides is 1. The number of hydrogen-bond acceptors (Lipinski definition) is 4. The Labute approximate surface area is 200 Å². The molecule has 0 aliphatic heterocycles. The van der Waals surface area contributed by atoms with Crippen LogP contribution in [0, 0.1) is 6.92 Å². The molecule has 1 atom stereocenters. The molecular weight excluding hydrogens is 434 g/mol. The number of aliphatic carboxylic acids is 1. The standard InChI is InChI=1S/C26H33N3O3S/c1-5-6-9-16-29-17-22(24(30)28-21-11-8-7-10-18(21)2)27-23(29)19-12-14-20(15-13-19)33-26(3,4)25(31)32/h7-8,10-14,17,20H,5-6,9,15-16H2,1-4H3,(H,28,30)(H,31,32). The van der Waals surface area contributed by atoms with E-state index in [1.54, 1.807) is 13.8 Å². The van der Waals surface area contributed by atoms with Gasteiger partial charge in [0.25, 0.3) is 5.91 Å². The summed E-state index contributed by atoms with van der Waals surface area (Å²) in [5, 5.41) is 12.5. The van der Waals surface area contributed by atoms with E-state index in [0.717, 1.165) is 54.9 Å². The van der Waals surface area contributed by atoms with E-state index in [1.807, 2.05) is 49.5 Å². The van der Waals surface area contributed by atoms with Gasteiger partial charge in [0.15, 0.2) is 0 Å². The van der Waals surface area contributed by atoms with E-state index < -0.39 is 10.7 Å². The predicted molar refractivity (Wildman–Crippen MR) is 136 cm³/mol. The Bertz CT molecular complexity index is 1070. The number of carboxylic acids is 1. The first-order valence-electron chi connectivity index (χ1n) is 11.5. The highest BCUT2D eigenvalue weighted by Gasteiger charge is 2.31. The Kier molecular flexibility index (Phi) is 8.19. The SMILES string of the molecule is CCCCCn1cc(C(=O)Nc2ccccc2C)nc1C1=CCC(SC(C)(C)C(=O)O)C=C1. The van der Waals surface area contributed by atoms with Gasteiger partial charge >= 0.3 is 5.97 Å². The van der Waals surface area contributed by atoms with Crippen molar-refractivity contribution in [3.63, 3.8) is 0 Å². The Morgan fingerprint density at radius 2 is 2.03 bits per heavy atom. The Morgan fingerprint density at radius 3 is 2.67 bits per heavy atom. The minimum absolute atomic E-state index is 0.0900. The van der Waals surface area contributed by atoms with Crippen LogP contribution < -0.4 is 5.32 Å². The molecule has 1 aliphatic carbocycles. The molecule has 1 heterocycles. The molecule has 176 valence electrons. The van der Waals surface area contributed by atoms with Crippen LogP contribution in [0.4, 0.5) is 5.69 Å². The van der Waals surface area contributed by atoms with E-state index in [9.17, 15) is 14.7 Å². The van der Waals surface area contributed by atoms with Gasteiger partial charge in [-0.3, -0.25) is 9.59 Å². The van der Waals surface area contributed by atoms with Crippen LogP contribution in [-0.4, -0.2) is 36.5 Å². The summed E-state index contributed by atoms with van der Waals surface area (Å²) in [6.07, 6.45) is 11.9. The fraction of sp³-hybridized carbons (Fsp3) is 0.423. The smallest absolute Gasteiger partial charge is 0.319 e. The number of aromatic nitrogens is 2. The molecule has 1 unspecified atom stereocenters. The second-order valence-electron chi connectivity index (χ2n) is 8.85. The van der Waals surface area contributed by atoms with Crippen molar-refractivity contribution in [2.45, 2.75) is 69.9 Å². The topological polar surface area (TPSA) is 84.2 Å². The summed E-state index contributed by atoms with van der Waals surface area (Å²) in [5.41, 5.74) is 3.13. The molecule has 3 rings (SSSR count). The number of unbranched alkanes of at least 4 members (excludes halogenated alkanes) is 2. The quantitative estimate of drug-likeness (QED) is 0.422. The lowest BCUT2D eigenvalue weighted by molar-refractivity contribution is -0.138. The van der Waals surface area contributed by atoms with Crippen molar-refractivity contribution in [3.8, 4) is 0 Å². The second-order valence-corrected chi connectivity index (χ2v) is 10.7. The van der Waals surface area contributed by atoms with Crippen LogP contribution in [0.2, 0.25) is 0 Å². The highest BCUT2D eigenvalue weighted by molar-refractivity contribution is 8.02. The van der Waals surface area contributed by atoms with E-state index in [0.29, 0.717) is 5.69 Å². The van der Waals surface area contributed by atoms with E-state index in [1.165, 1.54) is 11.8 Å². The number of thioether (sulfide) groups is 1. The third-order valence-electron chi connectivity index (χ3n) is 5.68. The lowest BCUT2D eigenvalue weighted by Gasteiger charge is -2.25. The summed E-state index contributed by atoms with van der Waals surface area (Å²) >= 11 is 1.44. The van der Waals surface area contributed by atoms with Crippen molar-refractivity contribution < 1.29 is 14.7 Å². The molecule has 1 aliphatic rings. The molecule has 2 N–H and O–H groups in total. The van der Waals surface area contributed by atoms with Crippen LogP contribution in [0.3, 0.4) is 0 Å². The van der Waals surface area contributed by atoms with Crippen LogP contribution in [0.25, 0.3) is 5.57 Å². The average Bonchev–Trinajstić information content (AvgIpc) is 3.20. The first-order valence-corrected chi connectivity index (χ1v) is 12.3. The number of imidazole rings is 1. The maximum absolute atomic E-state index is 12.9. The summed E-state index contributed by atoms with van der Waals surface area (Å²) in [5.74, 6) is -0.262. The van der Waals surface area contributed by atoms with Crippen LogP contribution >= 0.6 is 11.8 Å². The summed E-state index contributed by atoms with van der Waals surface area (Å²) < 4.78 is 1.22. The maximum Gasteiger partial charge on any atom is 0.319 e. The number of benzene rings is 1. The van der Waals surface area contributed by atoms with E-state index in [-0.39, 0.29) is 11.2 Å². The number of hydrogen-bond donors (Lipinski definition) is 2. The Balaban J connectivity index is 1.80. The molecule has 6 nitrogen and oxygen atoms in total. The molecule has 0 saturated heterocycles. The summed E-state index contributed by atoms with van der Waals surface area (Å²) in [7, 11) is 0. The van der Waals surface area contributed by atoms with Crippen molar-refractivity contribution in [1.82, 2.24) is 9.55 Å². The molecule has 0 fully saturated rings. The lowest BCUT2D eigenvalue weighted by atomic mass is 10.1. The van der Waals surface area contributed by atoms with Gasteiger partial charge in [0.1, 0.15) is 16.3 Å². The van der Waals surface area contributed by atoms with Crippen LogP contribution in [0.15, 0.2) is 48.7 Å². The number of para-hydroxylation sites is 1. The van der Waals surface area contributed by atoms with Gasteiger partial charge in [0.2, 0.25) is 0 Å². The molecule has 0 spiro atoms. The summed E-state index contributed by atoms with van der Waals surface area (Å²) in [4.78, 5) is 29.1. The molecule has 0 radical (unpaired) electrons. The minimum atomic E-state index is -0.847. The zero-order chi connectivity index (χ0) is 24.0. The van der Waals surface area contributed by atoms with Crippen molar-refractivity contribution in [2.24, 2.45) is 0 Å². The van der Waals surface area contributed by atoms with E-state index in [2.05, 4.69) is 22.9 Å². The largest absolute Gasteiger partial charge is 0.480 e. The van der Waals surface area contributed by atoms with Gasteiger partial charge in [0.05, 0.1) is 0 Å². The van der Waals surface area contributed by atoms with Crippen LogP contribution in [0.1, 0.15) is 68.3 Å². The summed E-state index contributed by atoms with van der Waals surface area (Å²) in [6, 6.07) is 7.68. The molecule has 33 heavy (non-hydrogen) atoms. The van der Waals surface area contributed by atoms with Gasteiger partial charge in [-0.15, -0.1) is 11.8 Å². The second kappa shape index (κ2) is 10.9. The number of carboxylic acid groups (broad SMARTS) is 1. The van der Waals surface area contributed by atoms with Crippen molar-refractivity contribution in [3.05, 3.63) is 65.8 Å². The number of nitrogens with one attached hydrogen (secondary N) is 1. The predicted octanol–water partition coefficient (Wildman–Crippen LogP) is 5.94. The Hall–Kier alpha value is -2.80. The van der Waals surface area contributed by atoms with Gasteiger partial charge in [0, 0.05) is 29.3 Å². The van der Waals surface area contributed by atoms with Gasteiger partial charge in [-0.05, 0) is 45.2 Å². The molecule has 1 aromatic heterocycles. The van der Waals surface area contributed by atoms with E-state index in [4.69, 9.17) is 4.98 Å². The highest BCUT2D eigenvalue weighted by atomic mass is 32.2.